The maximum Gasteiger partial charge on any atom is 0.269 e. The zero-order valence-electron chi connectivity index (χ0n) is 11.5. The van der Waals surface area contributed by atoms with E-state index in [9.17, 15) is 9.18 Å². The third kappa shape index (κ3) is 3.00. The number of primary amides is 1. The summed E-state index contributed by atoms with van der Waals surface area (Å²) in [4.78, 5) is 18.3. The maximum absolute atomic E-state index is 13.1. The lowest BCUT2D eigenvalue weighted by Crippen LogP contribution is -2.14. The van der Waals surface area contributed by atoms with Gasteiger partial charge in [0, 0.05) is 13.0 Å². The van der Waals surface area contributed by atoms with Gasteiger partial charge in [0.25, 0.3) is 5.91 Å². The summed E-state index contributed by atoms with van der Waals surface area (Å²) in [6.07, 6.45) is 0.607. The number of hydrogen-bond acceptors (Lipinski definition) is 5. The minimum atomic E-state index is -0.617. The fourth-order valence-corrected chi connectivity index (χ4v) is 2.02. The van der Waals surface area contributed by atoms with Crippen molar-refractivity contribution in [2.75, 3.05) is 11.9 Å². The highest BCUT2D eigenvalue weighted by atomic mass is 19.1. The number of fused-ring (bicyclic) bond motifs is 1. The Balaban J connectivity index is 1.60. The number of imidazole rings is 1. The van der Waals surface area contributed by atoms with Gasteiger partial charge in [0.05, 0.1) is 11.0 Å². The van der Waals surface area contributed by atoms with Crippen molar-refractivity contribution in [2.24, 2.45) is 5.73 Å². The molecular formula is C14H13FN6O. The van der Waals surface area contributed by atoms with Gasteiger partial charge >= 0.3 is 0 Å². The number of anilines is 1. The minimum Gasteiger partial charge on any atom is -0.368 e. The average Bonchev–Trinajstić information content (AvgIpc) is 2.89. The molecule has 2 heterocycles. The Morgan fingerprint density at radius 3 is 2.86 bits per heavy atom. The van der Waals surface area contributed by atoms with Gasteiger partial charge in [0.15, 0.2) is 5.69 Å². The molecule has 1 amide bonds. The van der Waals surface area contributed by atoms with Gasteiger partial charge in [-0.15, -0.1) is 10.2 Å². The van der Waals surface area contributed by atoms with Crippen LogP contribution in [0.25, 0.3) is 11.0 Å². The van der Waals surface area contributed by atoms with E-state index in [4.69, 9.17) is 5.73 Å². The normalized spacial score (nSPS) is 10.8. The van der Waals surface area contributed by atoms with Crippen molar-refractivity contribution in [1.29, 1.82) is 0 Å². The molecule has 22 heavy (non-hydrogen) atoms. The van der Waals surface area contributed by atoms with Crippen LogP contribution in [-0.2, 0) is 6.42 Å². The number of amides is 1. The van der Waals surface area contributed by atoms with Gasteiger partial charge in [0.1, 0.15) is 17.5 Å². The predicted molar refractivity (Wildman–Crippen MR) is 78.8 cm³/mol. The number of aromatic amines is 1. The van der Waals surface area contributed by atoms with Crippen LogP contribution in [0.2, 0.25) is 0 Å². The third-order valence-corrected chi connectivity index (χ3v) is 3.08. The molecule has 112 valence electrons. The number of rotatable bonds is 5. The quantitative estimate of drug-likeness (QED) is 0.657. The molecule has 1 aromatic carbocycles. The standard InChI is InChI=1S/C14H13FN6O/c15-8-1-2-9-11(7-8)19-13(18-9)5-6-17-12-4-3-10(14(16)22)20-21-12/h1-4,7H,5-6H2,(H2,16,22)(H,17,21)(H,18,19). The summed E-state index contributed by atoms with van der Waals surface area (Å²) in [5, 5.41) is 10.6. The molecule has 0 atom stereocenters. The molecule has 0 radical (unpaired) electrons. The van der Waals surface area contributed by atoms with Crippen LogP contribution in [0.15, 0.2) is 30.3 Å². The molecular weight excluding hydrogens is 287 g/mol. The van der Waals surface area contributed by atoms with Crippen LogP contribution in [0.3, 0.4) is 0 Å². The summed E-state index contributed by atoms with van der Waals surface area (Å²) in [5.41, 5.74) is 6.59. The molecule has 0 spiro atoms. The van der Waals surface area contributed by atoms with Crippen molar-refractivity contribution in [3.05, 3.63) is 47.7 Å². The lowest BCUT2D eigenvalue weighted by atomic mass is 10.3. The van der Waals surface area contributed by atoms with Gasteiger partial charge in [-0.1, -0.05) is 0 Å². The number of carbonyl (C=O) groups excluding carboxylic acids is 1. The van der Waals surface area contributed by atoms with Gasteiger partial charge < -0.3 is 16.0 Å². The molecule has 2 aromatic heterocycles. The molecule has 8 heteroatoms. The molecule has 0 bridgehead atoms. The van der Waals surface area contributed by atoms with Crippen molar-refractivity contribution in [3.63, 3.8) is 0 Å². The van der Waals surface area contributed by atoms with E-state index in [2.05, 4.69) is 25.5 Å². The largest absolute Gasteiger partial charge is 0.368 e. The predicted octanol–water partition coefficient (Wildman–Crippen LogP) is 1.25. The number of H-pyrrole nitrogens is 1. The summed E-state index contributed by atoms with van der Waals surface area (Å²) in [5.74, 6) is 0.362. The lowest BCUT2D eigenvalue weighted by Gasteiger charge is -2.03. The molecule has 0 saturated heterocycles. The van der Waals surface area contributed by atoms with E-state index < -0.39 is 5.91 Å². The van der Waals surface area contributed by atoms with Crippen LogP contribution in [0, 0.1) is 5.82 Å². The molecule has 3 rings (SSSR count). The first kappa shape index (κ1) is 13.9. The van der Waals surface area contributed by atoms with E-state index >= 15 is 0 Å². The highest BCUT2D eigenvalue weighted by Gasteiger charge is 2.05. The fraction of sp³-hybridized carbons (Fsp3) is 0.143. The maximum atomic E-state index is 13.1. The molecule has 0 unspecified atom stereocenters. The molecule has 0 saturated carbocycles. The summed E-state index contributed by atoms with van der Waals surface area (Å²) < 4.78 is 13.1. The summed E-state index contributed by atoms with van der Waals surface area (Å²) in [6.45, 7) is 0.562. The van der Waals surface area contributed by atoms with Crippen molar-refractivity contribution in [1.82, 2.24) is 20.2 Å². The van der Waals surface area contributed by atoms with E-state index in [1.165, 1.54) is 18.2 Å². The van der Waals surface area contributed by atoms with Crippen LogP contribution in [0.4, 0.5) is 10.2 Å². The van der Waals surface area contributed by atoms with Gasteiger partial charge in [-0.3, -0.25) is 4.79 Å². The van der Waals surface area contributed by atoms with Crippen LogP contribution in [0.1, 0.15) is 16.3 Å². The molecule has 0 aliphatic heterocycles. The second-order valence-corrected chi connectivity index (χ2v) is 4.69. The Hall–Kier alpha value is -3.03. The topological polar surface area (TPSA) is 110 Å². The Bertz CT molecular complexity index is 814. The zero-order chi connectivity index (χ0) is 15.5. The van der Waals surface area contributed by atoms with Crippen molar-refractivity contribution < 1.29 is 9.18 Å². The van der Waals surface area contributed by atoms with E-state index in [0.717, 1.165) is 11.3 Å². The van der Waals surface area contributed by atoms with E-state index in [-0.39, 0.29) is 11.5 Å². The second kappa shape index (κ2) is 5.76. The van der Waals surface area contributed by atoms with E-state index in [0.29, 0.717) is 24.3 Å². The Morgan fingerprint density at radius 2 is 2.14 bits per heavy atom. The molecule has 0 fully saturated rings. The number of nitrogens with zero attached hydrogens (tertiary/aromatic N) is 3. The summed E-state index contributed by atoms with van der Waals surface area (Å²) >= 11 is 0. The van der Waals surface area contributed by atoms with Crippen molar-refractivity contribution in [2.45, 2.75) is 6.42 Å². The first-order valence-corrected chi connectivity index (χ1v) is 6.63. The highest BCUT2D eigenvalue weighted by Crippen LogP contribution is 2.13. The number of halogens is 1. The van der Waals surface area contributed by atoms with Gasteiger partial charge in [-0.2, -0.15) is 0 Å². The van der Waals surface area contributed by atoms with Gasteiger partial charge in [0.2, 0.25) is 0 Å². The van der Waals surface area contributed by atoms with Crippen LogP contribution < -0.4 is 11.1 Å². The van der Waals surface area contributed by atoms with Crippen LogP contribution >= 0.6 is 0 Å². The molecule has 4 N–H and O–H groups in total. The lowest BCUT2D eigenvalue weighted by molar-refractivity contribution is 0.0994. The second-order valence-electron chi connectivity index (χ2n) is 4.69. The number of aromatic nitrogens is 4. The smallest absolute Gasteiger partial charge is 0.269 e. The fourth-order valence-electron chi connectivity index (χ4n) is 2.02. The number of hydrogen-bond donors (Lipinski definition) is 3. The molecule has 3 aromatic rings. The molecule has 0 aliphatic carbocycles. The Labute approximate surface area is 124 Å². The summed E-state index contributed by atoms with van der Waals surface area (Å²) in [7, 11) is 0. The Morgan fingerprint density at radius 1 is 1.27 bits per heavy atom. The van der Waals surface area contributed by atoms with E-state index in [1.54, 1.807) is 12.1 Å². The van der Waals surface area contributed by atoms with Gasteiger partial charge in [-0.05, 0) is 30.3 Å². The van der Waals surface area contributed by atoms with Crippen LogP contribution in [0.5, 0.6) is 0 Å². The average molecular weight is 300 g/mol. The van der Waals surface area contributed by atoms with Crippen LogP contribution in [-0.4, -0.2) is 32.6 Å². The summed E-state index contributed by atoms with van der Waals surface area (Å²) in [6, 6.07) is 7.54. The first-order valence-electron chi connectivity index (χ1n) is 6.63. The Kier molecular flexibility index (Phi) is 3.65. The number of benzene rings is 1. The monoisotopic (exact) mass is 300 g/mol. The van der Waals surface area contributed by atoms with E-state index in [1.807, 2.05) is 0 Å². The van der Waals surface area contributed by atoms with Gasteiger partial charge in [-0.25, -0.2) is 9.37 Å². The SMILES string of the molecule is NC(=O)c1ccc(NCCc2nc3ccc(F)cc3[nH]2)nn1. The molecule has 7 nitrogen and oxygen atoms in total. The van der Waals surface area contributed by atoms with Crippen molar-refractivity contribution >= 4 is 22.8 Å². The third-order valence-electron chi connectivity index (χ3n) is 3.08. The highest BCUT2D eigenvalue weighted by molar-refractivity contribution is 5.90. The first-order chi connectivity index (χ1) is 10.6. The zero-order valence-corrected chi connectivity index (χ0v) is 11.5. The number of nitrogens with one attached hydrogen (secondary N) is 2. The number of carbonyl (C=O) groups is 1. The van der Waals surface area contributed by atoms with Crippen molar-refractivity contribution in [3.8, 4) is 0 Å². The number of nitrogens with two attached hydrogens (primary N) is 1. The minimum absolute atomic E-state index is 0.116. The molecule has 0 aliphatic rings.